The van der Waals surface area contributed by atoms with Crippen LogP contribution in [0.4, 0.5) is 4.39 Å². The first-order valence-electron chi connectivity index (χ1n) is 8.71. The Hall–Kier alpha value is -3.39. The minimum Gasteiger partial charge on any atom is -0.465 e. The van der Waals surface area contributed by atoms with Crippen LogP contribution in [0.5, 0.6) is 0 Å². The van der Waals surface area contributed by atoms with Gasteiger partial charge in [0.1, 0.15) is 5.82 Å². The number of hydrogen-bond acceptors (Lipinski definition) is 6. The molecule has 8 heteroatoms. The fraction of sp³-hybridized carbons (Fsp3) is 0.0952. The number of carbonyl (C=O) groups excluding carboxylic acids is 1. The van der Waals surface area contributed by atoms with Gasteiger partial charge in [-0.2, -0.15) is 0 Å². The largest absolute Gasteiger partial charge is 0.465 e. The van der Waals surface area contributed by atoms with E-state index < -0.39 is 0 Å². The summed E-state index contributed by atoms with van der Waals surface area (Å²) in [5.41, 5.74) is 2.14. The number of nitrogens with zero attached hydrogens (tertiary/aromatic N) is 3. The summed E-state index contributed by atoms with van der Waals surface area (Å²) < 4.78 is 25.5. The van der Waals surface area contributed by atoms with Gasteiger partial charge < -0.3 is 9.15 Å². The second kappa shape index (κ2) is 8.32. The molecule has 4 rings (SSSR count). The lowest BCUT2D eigenvalue weighted by Crippen LogP contribution is -2.02. The molecule has 29 heavy (non-hydrogen) atoms. The van der Waals surface area contributed by atoms with Gasteiger partial charge in [-0.3, -0.25) is 4.57 Å². The molecule has 0 amide bonds. The molecule has 146 valence electrons. The number of rotatable bonds is 6. The van der Waals surface area contributed by atoms with Crippen LogP contribution in [-0.4, -0.2) is 27.8 Å². The highest BCUT2D eigenvalue weighted by atomic mass is 32.2. The Morgan fingerprint density at radius 2 is 1.97 bits per heavy atom. The van der Waals surface area contributed by atoms with Gasteiger partial charge in [0.05, 0.1) is 24.6 Å². The van der Waals surface area contributed by atoms with Crippen molar-refractivity contribution in [1.82, 2.24) is 14.8 Å². The van der Waals surface area contributed by atoms with E-state index in [9.17, 15) is 9.18 Å². The van der Waals surface area contributed by atoms with Crippen molar-refractivity contribution in [3.63, 3.8) is 0 Å². The molecule has 0 bridgehead atoms. The van der Waals surface area contributed by atoms with Crippen molar-refractivity contribution in [2.24, 2.45) is 0 Å². The number of carbonyl (C=O) groups is 1. The normalized spacial score (nSPS) is 10.8. The third-order valence-electron chi connectivity index (χ3n) is 4.18. The molecule has 2 heterocycles. The summed E-state index contributed by atoms with van der Waals surface area (Å²) in [5, 5.41) is 9.17. The van der Waals surface area contributed by atoms with Gasteiger partial charge >= 0.3 is 5.97 Å². The van der Waals surface area contributed by atoms with E-state index in [1.54, 1.807) is 48.7 Å². The zero-order valence-corrected chi connectivity index (χ0v) is 16.2. The van der Waals surface area contributed by atoms with Crippen LogP contribution in [-0.2, 0) is 10.5 Å². The van der Waals surface area contributed by atoms with Crippen LogP contribution in [0.1, 0.15) is 15.9 Å². The lowest BCUT2D eigenvalue weighted by atomic mass is 10.1. The van der Waals surface area contributed by atoms with E-state index in [-0.39, 0.29) is 11.8 Å². The Morgan fingerprint density at radius 3 is 2.69 bits per heavy atom. The van der Waals surface area contributed by atoms with Crippen molar-refractivity contribution in [3.8, 4) is 17.3 Å². The molecule has 0 aliphatic rings. The van der Waals surface area contributed by atoms with Crippen LogP contribution in [0.3, 0.4) is 0 Å². The van der Waals surface area contributed by atoms with Crippen molar-refractivity contribution in [1.29, 1.82) is 0 Å². The molecule has 0 saturated carbocycles. The molecule has 0 saturated heterocycles. The number of esters is 1. The van der Waals surface area contributed by atoms with E-state index in [0.29, 0.717) is 33.7 Å². The third-order valence-corrected chi connectivity index (χ3v) is 5.18. The average molecular weight is 409 g/mol. The van der Waals surface area contributed by atoms with Gasteiger partial charge in [-0.25, -0.2) is 9.18 Å². The van der Waals surface area contributed by atoms with Crippen molar-refractivity contribution in [2.45, 2.75) is 10.9 Å². The maximum Gasteiger partial charge on any atom is 0.337 e. The summed E-state index contributed by atoms with van der Waals surface area (Å²) in [6, 6.07) is 16.9. The first-order valence-corrected chi connectivity index (χ1v) is 9.69. The highest BCUT2D eigenvalue weighted by Crippen LogP contribution is 2.30. The fourth-order valence-corrected chi connectivity index (χ4v) is 3.70. The lowest BCUT2D eigenvalue weighted by Gasteiger charge is -2.09. The predicted molar refractivity (Wildman–Crippen MR) is 106 cm³/mol. The van der Waals surface area contributed by atoms with Gasteiger partial charge in [0.15, 0.2) is 10.9 Å². The van der Waals surface area contributed by atoms with E-state index >= 15 is 0 Å². The Bertz CT molecular complexity index is 1120. The van der Waals surface area contributed by atoms with E-state index in [1.165, 1.54) is 31.0 Å². The molecular weight excluding hydrogens is 393 g/mol. The van der Waals surface area contributed by atoms with Gasteiger partial charge in [-0.05, 0) is 54.1 Å². The standard InChI is InChI=1S/C21H16FN3O3S/c1-27-20(26)15-5-2-4-14(12-15)13-29-21-24-23-19(18-6-3-11-28-18)25(21)17-9-7-16(22)8-10-17/h2-12H,13H2,1H3. The molecule has 0 atom stereocenters. The maximum atomic E-state index is 13.4. The molecular formula is C21H16FN3O3S. The minimum atomic E-state index is -0.383. The second-order valence-electron chi connectivity index (χ2n) is 6.08. The highest BCUT2D eigenvalue weighted by molar-refractivity contribution is 7.98. The molecule has 6 nitrogen and oxygen atoms in total. The summed E-state index contributed by atoms with van der Waals surface area (Å²) in [4.78, 5) is 11.7. The third kappa shape index (κ3) is 4.07. The number of furan rings is 1. The molecule has 0 radical (unpaired) electrons. The number of aromatic nitrogens is 3. The van der Waals surface area contributed by atoms with Crippen LogP contribution < -0.4 is 0 Å². The SMILES string of the molecule is COC(=O)c1cccc(CSc2nnc(-c3ccco3)n2-c2ccc(F)cc2)c1. The fourth-order valence-electron chi connectivity index (χ4n) is 2.81. The second-order valence-corrected chi connectivity index (χ2v) is 7.02. The van der Waals surface area contributed by atoms with Crippen LogP contribution in [0.15, 0.2) is 76.5 Å². The Labute approximate surface area is 170 Å². The zero-order valence-electron chi connectivity index (χ0n) is 15.4. The molecule has 0 fully saturated rings. The van der Waals surface area contributed by atoms with Gasteiger partial charge in [0.2, 0.25) is 5.82 Å². The predicted octanol–water partition coefficient (Wildman–Crippen LogP) is 4.75. The van der Waals surface area contributed by atoms with Crippen LogP contribution in [0.25, 0.3) is 17.3 Å². The summed E-state index contributed by atoms with van der Waals surface area (Å²) in [5.74, 6) is 0.929. The summed E-state index contributed by atoms with van der Waals surface area (Å²) >= 11 is 1.45. The number of halogens is 1. The first kappa shape index (κ1) is 18.9. The molecule has 0 unspecified atom stereocenters. The average Bonchev–Trinajstić information content (AvgIpc) is 3.42. The van der Waals surface area contributed by atoms with Crippen molar-refractivity contribution in [3.05, 3.63) is 83.9 Å². The minimum absolute atomic E-state index is 0.324. The molecule has 0 aliphatic heterocycles. The van der Waals surface area contributed by atoms with Gasteiger partial charge in [-0.1, -0.05) is 23.9 Å². The van der Waals surface area contributed by atoms with Crippen molar-refractivity contribution in [2.75, 3.05) is 7.11 Å². The first-order chi connectivity index (χ1) is 14.2. The summed E-state index contributed by atoms with van der Waals surface area (Å²) in [6.45, 7) is 0. The molecule has 0 spiro atoms. The number of benzene rings is 2. The summed E-state index contributed by atoms with van der Waals surface area (Å²) in [7, 11) is 1.35. The van der Waals surface area contributed by atoms with Crippen LogP contribution in [0, 0.1) is 5.82 Å². The summed E-state index contributed by atoms with van der Waals surface area (Å²) in [6.07, 6.45) is 1.56. The number of hydrogen-bond donors (Lipinski definition) is 0. The smallest absolute Gasteiger partial charge is 0.337 e. The lowest BCUT2D eigenvalue weighted by molar-refractivity contribution is 0.0600. The van der Waals surface area contributed by atoms with Gasteiger partial charge in [0, 0.05) is 5.75 Å². The number of thioether (sulfide) groups is 1. The van der Waals surface area contributed by atoms with Gasteiger partial charge in [-0.15, -0.1) is 10.2 Å². The molecule has 2 aromatic heterocycles. The number of methoxy groups -OCH3 is 1. The Kier molecular flexibility index (Phi) is 5.44. The Morgan fingerprint density at radius 1 is 1.14 bits per heavy atom. The monoisotopic (exact) mass is 409 g/mol. The van der Waals surface area contributed by atoms with E-state index in [2.05, 4.69) is 10.2 Å². The topological polar surface area (TPSA) is 70.2 Å². The highest BCUT2D eigenvalue weighted by Gasteiger charge is 2.18. The molecule has 4 aromatic rings. The number of ether oxygens (including phenoxy) is 1. The van der Waals surface area contributed by atoms with E-state index in [4.69, 9.17) is 9.15 Å². The van der Waals surface area contributed by atoms with Crippen molar-refractivity contribution < 1.29 is 18.3 Å². The van der Waals surface area contributed by atoms with E-state index in [0.717, 1.165) is 5.56 Å². The molecule has 0 aliphatic carbocycles. The Balaban J connectivity index is 1.66. The van der Waals surface area contributed by atoms with Crippen LogP contribution in [0.2, 0.25) is 0 Å². The van der Waals surface area contributed by atoms with Gasteiger partial charge in [0.25, 0.3) is 0 Å². The van der Waals surface area contributed by atoms with Crippen molar-refractivity contribution >= 4 is 17.7 Å². The maximum absolute atomic E-state index is 13.4. The van der Waals surface area contributed by atoms with E-state index in [1.807, 2.05) is 10.6 Å². The molecule has 0 N–H and O–H groups in total. The zero-order chi connectivity index (χ0) is 20.2. The quantitative estimate of drug-likeness (QED) is 0.338. The van der Waals surface area contributed by atoms with Crippen LogP contribution >= 0.6 is 11.8 Å². The molecule has 2 aromatic carbocycles.